The Balaban J connectivity index is 2.22. The molecule has 0 amide bonds. The van der Waals surface area contributed by atoms with Crippen LogP contribution < -0.4 is 11.1 Å². The van der Waals surface area contributed by atoms with Crippen molar-refractivity contribution in [3.05, 3.63) is 30.3 Å². The van der Waals surface area contributed by atoms with E-state index in [0.29, 0.717) is 12.0 Å². The molecular formula is C12H20N2. The van der Waals surface area contributed by atoms with Crippen molar-refractivity contribution in [1.29, 1.82) is 0 Å². The van der Waals surface area contributed by atoms with Crippen LogP contribution in [-0.4, -0.2) is 12.6 Å². The first kappa shape index (κ1) is 11.1. The number of para-hydroxylation sites is 1. The number of hydrogen-bond acceptors (Lipinski definition) is 2. The molecule has 14 heavy (non-hydrogen) atoms. The average molecular weight is 192 g/mol. The summed E-state index contributed by atoms with van der Waals surface area (Å²) in [5.41, 5.74) is 7.11. The fraction of sp³-hybridized carbons (Fsp3) is 0.500. The van der Waals surface area contributed by atoms with Crippen LogP contribution in [0, 0.1) is 5.92 Å². The van der Waals surface area contributed by atoms with Gasteiger partial charge >= 0.3 is 0 Å². The molecule has 2 heteroatoms. The predicted molar refractivity (Wildman–Crippen MR) is 62.4 cm³/mol. The highest BCUT2D eigenvalue weighted by Crippen LogP contribution is 2.07. The van der Waals surface area contributed by atoms with Crippen molar-refractivity contribution < 1.29 is 0 Å². The number of rotatable bonds is 5. The third-order valence-corrected chi connectivity index (χ3v) is 2.44. The summed E-state index contributed by atoms with van der Waals surface area (Å²) < 4.78 is 0. The maximum absolute atomic E-state index is 5.94. The van der Waals surface area contributed by atoms with Gasteiger partial charge in [0.25, 0.3) is 0 Å². The highest BCUT2D eigenvalue weighted by atomic mass is 14.9. The van der Waals surface area contributed by atoms with Crippen LogP contribution >= 0.6 is 0 Å². The summed E-state index contributed by atoms with van der Waals surface area (Å²) in [5.74, 6) is 0.563. The van der Waals surface area contributed by atoms with Gasteiger partial charge in [0.05, 0.1) is 0 Å². The zero-order chi connectivity index (χ0) is 10.4. The summed E-state index contributed by atoms with van der Waals surface area (Å²) in [5, 5.41) is 3.35. The molecule has 0 unspecified atom stereocenters. The fourth-order valence-corrected chi connectivity index (χ4v) is 1.27. The van der Waals surface area contributed by atoms with E-state index in [4.69, 9.17) is 5.73 Å². The van der Waals surface area contributed by atoms with Crippen molar-refractivity contribution in [1.82, 2.24) is 0 Å². The lowest BCUT2D eigenvalue weighted by atomic mass is 10.0. The molecule has 0 fully saturated rings. The molecule has 1 aromatic rings. The lowest BCUT2D eigenvalue weighted by Gasteiger charge is -2.15. The molecule has 78 valence electrons. The molecule has 3 N–H and O–H groups in total. The van der Waals surface area contributed by atoms with Gasteiger partial charge in [0.2, 0.25) is 0 Å². The highest BCUT2D eigenvalue weighted by molar-refractivity contribution is 5.42. The Morgan fingerprint density at radius 1 is 1.21 bits per heavy atom. The summed E-state index contributed by atoms with van der Waals surface area (Å²) >= 11 is 0. The molecule has 0 spiro atoms. The maximum atomic E-state index is 5.94. The largest absolute Gasteiger partial charge is 0.385 e. The van der Waals surface area contributed by atoms with E-state index in [0.717, 1.165) is 13.0 Å². The Morgan fingerprint density at radius 2 is 1.86 bits per heavy atom. The summed E-state index contributed by atoms with van der Waals surface area (Å²) in [6.45, 7) is 5.27. The Kier molecular flexibility index (Phi) is 4.47. The molecule has 0 aliphatic carbocycles. The normalized spacial score (nSPS) is 12.9. The molecule has 1 aromatic carbocycles. The molecule has 1 atom stereocenters. The lowest BCUT2D eigenvalue weighted by molar-refractivity contribution is 0.474. The molecule has 0 aliphatic heterocycles. The van der Waals surface area contributed by atoms with Crippen molar-refractivity contribution in [3.8, 4) is 0 Å². The van der Waals surface area contributed by atoms with Crippen LogP contribution in [0.5, 0.6) is 0 Å². The van der Waals surface area contributed by atoms with Crippen LogP contribution in [0.15, 0.2) is 30.3 Å². The van der Waals surface area contributed by atoms with Gasteiger partial charge in [0.1, 0.15) is 0 Å². The van der Waals surface area contributed by atoms with E-state index in [1.165, 1.54) is 5.69 Å². The van der Waals surface area contributed by atoms with Crippen molar-refractivity contribution in [2.75, 3.05) is 11.9 Å². The lowest BCUT2D eigenvalue weighted by Crippen LogP contribution is -2.28. The van der Waals surface area contributed by atoms with Crippen LogP contribution in [0.25, 0.3) is 0 Å². The second-order valence-corrected chi connectivity index (χ2v) is 3.99. The summed E-state index contributed by atoms with van der Waals surface area (Å²) in [4.78, 5) is 0. The topological polar surface area (TPSA) is 38.0 Å². The third kappa shape index (κ3) is 3.79. The minimum absolute atomic E-state index is 0.297. The van der Waals surface area contributed by atoms with E-state index < -0.39 is 0 Å². The molecule has 0 bridgehead atoms. The number of nitrogens with two attached hydrogens (primary N) is 1. The van der Waals surface area contributed by atoms with Crippen LogP contribution in [-0.2, 0) is 0 Å². The van der Waals surface area contributed by atoms with E-state index >= 15 is 0 Å². The summed E-state index contributed by atoms with van der Waals surface area (Å²) in [7, 11) is 0. The quantitative estimate of drug-likeness (QED) is 0.752. The third-order valence-electron chi connectivity index (χ3n) is 2.44. The summed E-state index contributed by atoms with van der Waals surface area (Å²) in [6.07, 6.45) is 1.02. The molecule has 0 heterocycles. The molecule has 2 nitrogen and oxygen atoms in total. The Morgan fingerprint density at radius 3 is 2.43 bits per heavy atom. The van der Waals surface area contributed by atoms with Crippen molar-refractivity contribution in [2.45, 2.75) is 26.3 Å². The van der Waals surface area contributed by atoms with E-state index in [-0.39, 0.29) is 0 Å². The number of anilines is 1. The van der Waals surface area contributed by atoms with Crippen LogP contribution in [0.1, 0.15) is 20.3 Å². The number of nitrogens with one attached hydrogen (secondary N) is 1. The Bertz CT molecular complexity index is 244. The smallest absolute Gasteiger partial charge is 0.0340 e. The second-order valence-electron chi connectivity index (χ2n) is 3.99. The van der Waals surface area contributed by atoms with Gasteiger partial charge in [0, 0.05) is 18.3 Å². The molecule has 0 radical (unpaired) electrons. The van der Waals surface area contributed by atoms with Crippen LogP contribution in [0.2, 0.25) is 0 Å². The van der Waals surface area contributed by atoms with Crippen LogP contribution in [0.4, 0.5) is 5.69 Å². The summed E-state index contributed by atoms with van der Waals surface area (Å²) in [6, 6.07) is 10.5. The van der Waals surface area contributed by atoms with Gasteiger partial charge in [-0.1, -0.05) is 32.0 Å². The number of hydrogen-bond donors (Lipinski definition) is 2. The van der Waals surface area contributed by atoms with Crippen molar-refractivity contribution in [3.63, 3.8) is 0 Å². The van der Waals surface area contributed by atoms with Gasteiger partial charge in [-0.3, -0.25) is 0 Å². The van der Waals surface area contributed by atoms with Gasteiger partial charge < -0.3 is 11.1 Å². The van der Waals surface area contributed by atoms with E-state index in [2.05, 4.69) is 31.3 Å². The van der Waals surface area contributed by atoms with Gasteiger partial charge in [-0.05, 0) is 24.5 Å². The van der Waals surface area contributed by atoms with Crippen LogP contribution in [0.3, 0.4) is 0 Å². The van der Waals surface area contributed by atoms with Gasteiger partial charge in [-0.15, -0.1) is 0 Å². The Hall–Kier alpha value is -1.02. The minimum Gasteiger partial charge on any atom is -0.385 e. The molecule has 1 rings (SSSR count). The molecular weight excluding hydrogens is 172 g/mol. The zero-order valence-corrected chi connectivity index (χ0v) is 9.03. The van der Waals surface area contributed by atoms with E-state index in [1.807, 2.05) is 18.2 Å². The SMILES string of the molecule is CC(C)[C@@H](N)CCNc1ccccc1. The Labute approximate surface area is 86.5 Å². The van der Waals surface area contributed by atoms with Crippen molar-refractivity contribution in [2.24, 2.45) is 11.7 Å². The van der Waals surface area contributed by atoms with E-state index in [9.17, 15) is 0 Å². The zero-order valence-electron chi connectivity index (χ0n) is 9.03. The van der Waals surface area contributed by atoms with Crippen molar-refractivity contribution >= 4 is 5.69 Å². The van der Waals surface area contributed by atoms with Gasteiger partial charge in [0.15, 0.2) is 0 Å². The number of benzene rings is 1. The first-order valence-electron chi connectivity index (χ1n) is 5.24. The van der Waals surface area contributed by atoms with E-state index in [1.54, 1.807) is 0 Å². The fourth-order valence-electron chi connectivity index (χ4n) is 1.27. The first-order chi connectivity index (χ1) is 6.70. The first-order valence-corrected chi connectivity index (χ1v) is 5.24. The van der Waals surface area contributed by atoms with Gasteiger partial charge in [-0.2, -0.15) is 0 Å². The second kappa shape index (κ2) is 5.66. The minimum atomic E-state index is 0.297. The van der Waals surface area contributed by atoms with Gasteiger partial charge in [-0.25, -0.2) is 0 Å². The molecule has 0 aromatic heterocycles. The monoisotopic (exact) mass is 192 g/mol. The highest BCUT2D eigenvalue weighted by Gasteiger charge is 2.05. The average Bonchev–Trinajstić information content (AvgIpc) is 2.19. The maximum Gasteiger partial charge on any atom is 0.0340 e. The molecule has 0 saturated carbocycles. The molecule has 0 saturated heterocycles. The standard InChI is InChI=1S/C12H20N2/c1-10(2)12(13)8-9-14-11-6-4-3-5-7-11/h3-7,10,12,14H,8-9,13H2,1-2H3/t12-/m0/s1. The predicted octanol–water partition coefficient (Wildman–Crippen LogP) is 2.47. The molecule has 0 aliphatic rings.